The van der Waals surface area contributed by atoms with Gasteiger partial charge < -0.3 is 9.47 Å². The van der Waals surface area contributed by atoms with Gasteiger partial charge in [0, 0.05) is 38.3 Å². The Morgan fingerprint density at radius 2 is 2.04 bits per heavy atom. The molecule has 0 saturated carbocycles. The summed E-state index contributed by atoms with van der Waals surface area (Å²) in [6.07, 6.45) is 8.88. The highest BCUT2D eigenvalue weighted by Crippen LogP contribution is 2.33. The van der Waals surface area contributed by atoms with E-state index in [1.165, 1.54) is 37.9 Å². The van der Waals surface area contributed by atoms with Crippen molar-refractivity contribution in [2.45, 2.75) is 43.4 Å². The molecule has 7 heteroatoms. The third kappa shape index (κ3) is 4.10. The van der Waals surface area contributed by atoms with Crippen molar-refractivity contribution in [2.75, 3.05) is 31.9 Å². The van der Waals surface area contributed by atoms with Crippen LogP contribution in [0.4, 0.5) is 0 Å². The minimum absolute atomic E-state index is 0.362. The molecule has 0 spiro atoms. The molecule has 2 fully saturated rings. The highest BCUT2D eigenvalue weighted by molar-refractivity contribution is 7.99. The van der Waals surface area contributed by atoms with Gasteiger partial charge in [0.1, 0.15) is 0 Å². The number of hydrogen-bond donors (Lipinski definition) is 0. The summed E-state index contributed by atoms with van der Waals surface area (Å²) in [5.74, 6) is 2.20. The zero-order chi connectivity index (χ0) is 17.8. The predicted molar refractivity (Wildman–Crippen MR) is 104 cm³/mol. The molecule has 2 saturated heterocycles. The largest absolute Gasteiger partial charge is 0.308 e. The van der Waals surface area contributed by atoms with Crippen LogP contribution < -0.4 is 0 Å². The van der Waals surface area contributed by atoms with Crippen molar-refractivity contribution in [1.82, 2.24) is 29.5 Å². The number of thioether (sulfide) groups is 1. The number of nitrogens with zero attached hydrogens (tertiary/aromatic N) is 6. The third-order valence-electron chi connectivity index (χ3n) is 5.48. The molecule has 0 aliphatic carbocycles. The molecule has 0 radical (unpaired) electrons. The van der Waals surface area contributed by atoms with Gasteiger partial charge in [0.15, 0.2) is 11.0 Å². The Morgan fingerprint density at radius 1 is 1.15 bits per heavy atom. The van der Waals surface area contributed by atoms with Crippen LogP contribution in [-0.2, 0) is 13.6 Å². The van der Waals surface area contributed by atoms with Gasteiger partial charge in [-0.25, -0.2) is 0 Å². The van der Waals surface area contributed by atoms with Crippen LogP contribution in [0.25, 0.3) is 0 Å². The van der Waals surface area contributed by atoms with Gasteiger partial charge in [-0.2, -0.15) is 0 Å². The van der Waals surface area contributed by atoms with Crippen molar-refractivity contribution in [2.24, 2.45) is 7.05 Å². The zero-order valence-electron chi connectivity index (χ0n) is 15.5. The van der Waals surface area contributed by atoms with Gasteiger partial charge in [-0.3, -0.25) is 9.88 Å². The number of pyridine rings is 1. The Hall–Kier alpha value is -1.44. The van der Waals surface area contributed by atoms with Crippen LogP contribution in [-0.4, -0.2) is 61.5 Å². The summed E-state index contributed by atoms with van der Waals surface area (Å²) in [5, 5.41) is 10.1. The summed E-state index contributed by atoms with van der Waals surface area (Å²) in [4.78, 5) is 9.31. The minimum Gasteiger partial charge on any atom is -0.308 e. The molecule has 2 aliphatic heterocycles. The second kappa shape index (κ2) is 8.50. The van der Waals surface area contributed by atoms with Crippen LogP contribution in [0.1, 0.15) is 43.1 Å². The maximum atomic E-state index is 4.56. The van der Waals surface area contributed by atoms with Crippen molar-refractivity contribution >= 4 is 11.8 Å². The van der Waals surface area contributed by atoms with Gasteiger partial charge >= 0.3 is 0 Å². The van der Waals surface area contributed by atoms with Gasteiger partial charge in [-0.1, -0.05) is 17.8 Å². The van der Waals surface area contributed by atoms with E-state index >= 15 is 0 Å². The van der Waals surface area contributed by atoms with Gasteiger partial charge in [-0.15, -0.1) is 10.2 Å². The van der Waals surface area contributed by atoms with Crippen LogP contribution in [0, 0.1) is 0 Å². The Kier molecular flexibility index (Phi) is 5.87. The standard InChI is InChI=1S/C19H28N6S/c1-23-18(21-22-19(23)26-13-12-24-9-2-3-10-24)17-7-5-11-25(17)15-16-6-4-8-20-14-16/h4,6,8,14,17H,2-3,5,7,9-13,15H2,1H3/t17-/m1/s1. The van der Waals surface area contributed by atoms with E-state index in [1.54, 1.807) is 0 Å². The van der Waals surface area contributed by atoms with Crippen molar-refractivity contribution in [3.05, 3.63) is 35.9 Å². The Bertz CT molecular complexity index is 697. The summed E-state index contributed by atoms with van der Waals surface area (Å²) in [7, 11) is 2.12. The van der Waals surface area contributed by atoms with E-state index in [4.69, 9.17) is 0 Å². The first-order chi connectivity index (χ1) is 12.8. The van der Waals surface area contributed by atoms with Gasteiger partial charge in [0.2, 0.25) is 0 Å². The van der Waals surface area contributed by atoms with Crippen molar-refractivity contribution in [3.63, 3.8) is 0 Å². The van der Waals surface area contributed by atoms with E-state index in [9.17, 15) is 0 Å². The normalized spacial score (nSPS) is 21.7. The maximum absolute atomic E-state index is 4.56. The van der Waals surface area contributed by atoms with Gasteiger partial charge in [0.05, 0.1) is 6.04 Å². The van der Waals surface area contributed by atoms with Crippen LogP contribution in [0.15, 0.2) is 29.7 Å². The number of likely N-dealkylation sites (tertiary alicyclic amines) is 2. The van der Waals surface area contributed by atoms with Crippen LogP contribution in [0.2, 0.25) is 0 Å². The van der Waals surface area contributed by atoms with Crippen molar-refractivity contribution in [1.29, 1.82) is 0 Å². The van der Waals surface area contributed by atoms with E-state index in [1.807, 2.05) is 30.2 Å². The lowest BCUT2D eigenvalue weighted by Gasteiger charge is -2.23. The van der Waals surface area contributed by atoms with Crippen LogP contribution in [0.5, 0.6) is 0 Å². The maximum Gasteiger partial charge on any atom is 0.191 e. The Morgan fingerprint density at radius 3 is 2.85 bits per heavy atom. The summed E-state index contributed by atoms with van der Waals surface area (Å²) in [6.45, 7) is 5.72. The molecule has 6 nitrogen and oxygen atoms in total. The van der Waals surface area contributed by atoms with Gasteiger partial charge in [0.25, 0.3) is 0 Å². The van der Waals surface area contributed by atoms with E-state index < -0.39 is 0 Å². The van der Waals surface area contributed by atoms with E-state index in [2.05, 4.69) is 42.7 Å². The summed E-state index contributed by atoms with van der Waals surface area (Å²) in [5.41, 5.74) is 1.27. The first kappa shape index (κ1) is 17.9. The molecule has 1 atom stereocenters. The highest BCUT2D eigenvalue weighted by Gasteiger charge is 2.30. The molecule has 0 aromatic carbocycles. The molecule has 26 heavy (non-hydrogen) atoms. The minimum atomic E-state index is 0.362. The number of aromatic nitrogens is 4. The van der Waals surface area contributed by atoms with E-state index in [0.717, 1.165) is 42.8 Å². The van der Waals surface area contributed by atoms with Crippen molar-refractivity contribution < 1.29 is 0 Å². The molecular weight excluding hydrogens is 344 g/mol. The summed E-state index contributed by atoms with van der Waals surface area (Å²) < 4.78 is 2.21. The van der Waals surface area contributed by atoms with Gasteiger partial charge in [-0.05, 0) is 56.9 Å². The molecule has 2 aliphatic rings. The smallest absolute Gasteiger partial charge is 0.191 e. The fourth-order valence-corrected chi connectivity index (χ4v) is 4.97. The monoisotopic (exact) mass is 372 g/mol. The zero-order valence-corrected chi connectivity index (χ0v) is 16.4. The highest BCUT2D eigenvalue weighted by atomic mass is 32.2. The second-order valence-electron chi connectivity index (χ2n) is 7.29. The predicted octanol–water partition coefficient (Wildman–Crippen LogP) is 2.74. The average molecular weight is 373 g/mol. The molecule has 0 amide bonds. The lowest BCUT2D eigenvalue weighted by atomic mass is 10.2. The Balaban J connectivity index is 1.38. The van der Waals surface area contributed by atoms with E-state index in [0.29, 0.717) is 6.04 Å². The summed E-state index contributed by atoms with van der Waals surface area (Å²) >= 11 is 1.84. The van der Waals surface area contributed by atoms with Crippen LogP contribution >= 0.6 is 11.8 Å². The first-order valence-electron chi connectivity index (χ1n) is 9.68. The molecule has 140 valence electrons. The molecule has 0 unspecified atom stereocenters. The van der Waals surface area contributed by atoms with Crippen LogP contribution in [0.3, 0.4) is 0 Å². The molecular formula is C19H28N6S. The topological polar surface area (TPSA) is 50.1 Å². The summed E-state index contributed by atoms with van der Waals surface area (Å²) in [6, 6.07) is 4.52. The average Bonchev–Trinajstić information content (AvgIpc) is 3.39. The molecule has 4 heterocycles. The molecule has 2 aromatic rings. The number of hydrogen-bond acceptors (Lipinski definition) is 6. The number of rotatable bonds is 7. The SMILES string of the molecule is Cn1c(SCCN2CCCC2)nnc1[C@H]1CCCN1Cc1cccnc1. The molecule has 0 bridgehead atoms. The fraction of sp³-hybridized carbons (Fsp3) is 0.632. The van der Waals surface area contributed by atoms with Crippen molar-refractivity contribution in [3.8, 4) is 0 Å². The first-order valence-corrected chi connectivity index (χ1v) is 10.7. The quantitative estimate of drug-likeness (QED) is 0.697. The van der Waals surface area contributed by atoms with E-state index in [-0.39, 0.29) is 0 Å². The third-order valence-corrected chi connectivity index (χ3v) is 6.48. The lowest BCUT2D eigenvalue weighted by molar-refractivity contribution is 0.235. The lowest BCUT2D eigenvalue weighted by Crippen LogP contribution is -2.25. The molecule has 2 aromatic heterocycles. The molecule has 4 rings (SSSR count). The molecule has 0 N–H and O–H groups in total. The Labute approximate surface area is 160 Å². The second-order valence-corrected chi connectivity index (χ2v) is 8.35. The fourth-order valence-electron chi connectivity index (χ4n) is 4.05.